The molecule has 0 bridgehead atoms. The van der Waals surface area contributed by atoms with Gasteiger partial charge in [-0.2, -0.15) is 0 Å². The van der Waals surface area contributed by atoms with Crippen molar-refractivity contribution in [3.8, 4) is 0 Å². The number of hydrogen-bond acceptors (Lipinski definition) is 3. The average Bonchev–Trinajstić information content (AvgIpc) is 2.39. The second-order valence-corrected chi connectivity index (χ2v) is 5.37. The molecule has 22 heavy (non-hydrogen) atoms. The molecule has 0 aliphatic rings. The van der Waals surface area contributed by atoms with E-state index in [0.29, 0.717) is 0 Å². The summed E-state index contributed by atoms with van der Waals surface area (Å²) in [5.41, 5.74) is -0.0531. The van der Waals surface area contributed by atoms with E-state index in [9.17, 15) is 18.8 Å². The lowest BCUT2D eigenvalue weighted by atomic mass is 10.0. The molecule has 7 heteroatoms. The SMILES string of the molecule is CC(=O)Nc1ccc(C(=O)N[C@H](CC(C)C)C(=O)O)cc1F. The highest BCUT2D eigenvalue weighted by Crippen LogP contribution is 2.16. The zero-order chi connectivity index (χ0) is 16.9. The maximum atomic E-state index is 13.8. The number of carbonyl (C=O) groups is 3. The van der Waals surface area contributed by atoms with Gasteiger partial charge in [0.05, 0.1) is 5.69 Å². The van der Waals surface area contributed by atoms with Crippen LogP contribution in [0.2, 0.25) is 0 Å². The number of aliphatic carboxylic acids is 1. The van der Waals surface area contributed by atoms with Gasteiger partial charge in [-0.25, -0.2) is 9.18 Å². The third kappa shape index (κ3) is 5.16. The van der Waals surface area contributed by atoms with Crippen LogP contribution in [0.3, 0.4) is 0 Å². The van der Waals surface area contributed by atoms with Crippen LogP contribution in [0.1, 0.15) is 37.6 Å². The molecule has 0 radical (unpaired) electrons. The quantitative estimate of drug-likeness (QED) is 0.749. The molecule has 1 aromatic carbocycles. The summed E-state index contributed by atoms with van der Waals surface area (Å²) in [4.78, 5) is 34.0. The molecular formula is C15H19FN2O4. The van der Waals surface area contributed by atoms with Crippen molar-refractivity contribution in [2.75, 3.05) is 5.32 Å². The monoisotopic (exact) mass is 310 g/mol. The van der Waals surface area contributed by atoms with Gasteiger partial charge in [0.2, 0.25) is 5.91 Å². The van der Waals surface area contributed by atoms with Crippen molar-refractivity contribution in [2.45, 2.75) is 33.2 Å². The Morgan fingerprint density at radius 3 is 2.36 bits per heavy atom. The van der Waals surface area contributed by atoms with Crippen LogP contribution in [0.4, 0.5) is 10.1 Å². The Bertz CT molecular complexity index is 587. The molecule has 0 spiro atoms. The van der Waals surface area contributed by atoms with E-state index in [0.717, 1.165) is 6.07 Å². The van der Waals surface area contributed by atoms with E-state index in [-0.39, 0.29) is 23.6 Å². The fourth-order valence-corrected chi connectivity index (χ4v) is 1.88. The first-order chi connectivity index (χ1) is 10.2. The highest BCUT2D eigenvalue weighted by atomic mass is 19.1. The number of halogens is 1. The minimum Gasteiger partial charge on any atom is -0.480 e. The van der Waals surface area contributed by atoms with Crippen LogP contribution in [0.5, 0.6) is 0 Å². The van der Waals surface area contributed by atoms with Gasteiger partial charge in [-0.3, -0.25) is 9.59 Å². The van der Waals surface area contributed by atoms with Crippen molar-refractivity contribution < 1.29 is 23.9 Å². The topological polar surface area (TPSA) is 95.5 Å². The second kappa shape index (κ2) is 7.53. The highest BCUT2D eigenvalue weighted by Gasteiger charge is 2.22. The minimum absolute atomic E-state index is 0.0124. The molecule has 1 rings (SSSR count). The number of carbonyl (C=O) groups excluding carboxylic acids is 2. The summed E-state index contributed by atoms with van der Waals surface area (Å²) in [6.07, 6.45) is 0.271. The maximum Gasteiger partial charge on any atom is 0.326 e. The molecule has 3 N–H and O–H groups in total. The molecule has 120 valence electrons. The lowest BCUT2D eigenvalue weighted by molar-refractivity contribution is -0.139. The Labute approximate surface area is 127 Å². The van der Waals surface area contributed by atoms with E-state index < -0.39 is 29.6 Å². The minimum atomic E-state index is -1.14. The zero-order valence-corrected chi connectivity index (χ0v) is 12.6. The van der Waals surface area contributed by atoms with Crippen LogP contribution in [0.15, 0.2) is 18.2 Å². The summed E-state index contributed by atoms with van der Waals surface area (Å²) in [5, 5.41) is 13.7. The van der Waals surface area contributed by atoms with Crippen LogP contribution in [0.25, 0.3) is 0 Å². The Balaban J connectivity index is 2.86. The zero-order valence-electron chi connectivity index (χ0n) is 12.6. The van der Waals surface area contributed by atoms with Crippen molar-refractivity contribution in [1.29, 1.82) is 0 Å². The number of benzene rings is 1. The van der Waals surface area contributed by atoms with Crippen molar-refractivity contribution in [3.05, 3.63) is 29.6 Å². The van der Waals surface area contributed by atoms with Crippen LogP contribution in [0, 0.1) is 11.7 Å². The van der Waals surface area contributed by atoms with Gasteiger partial charge >= 0.3 is 5.97 Å². The first-order valence-corrected chi connectivity index (χ1v) is 6.81. The first-order valence-electron chi connectivity index (χ1n) is 6.81. The van der Waals surface area contributed by atoms with E-state index in [1.165, 1.54) is 19.1 Å². The summed E-state index contributed by atoms with van der Waals surface area (Å²) >= 11 is 0. The molecule has 1 aromatic rings. The van der Waals surface area contributed by atoms with E-state index >= 15 is 0 Å². The number of carboxylic acids is 1. The Kier molecular flexibility index (Phi) is 6.03. The molecule has 0 saturated carbocycles. The van der Waals surface area contributed by atoms with Gasteiger partial charge in [0.15, 0.2) is 0 Å². The first kappa shape index (κ1) is 17.6. The van der Waals surface area contributed by atoms with Crippen LogP contribution < -0.4 is 10.6 Å². The molecule has 1 atom stereocenters. The standard InChI is InChI=1S/C15H19FN2O4/c1-8(2)6-13(15(21)22)18-14(20)10-4-5-12(11(16)7-10)17-9(3)19/h4-5,7-8,13H,6H2,1-3H3,(H,17,19)(H,18,20)(H,21,22)/t13-/m1/s1. The fraction of sp³-hybridized carbons (Fsp3) is 0.400. The molecule has 0 fully saturated rings. The van der Waals surface area contributed by atoms with Gasteiger partial charge < -0.3 is 15.7 Å². The van der Waals surface area contributed by atoms with Gasteiger partial charge in [0.25, 0.3) is 5.91 Å². The molecule has 2 amide bonds. The van der Waals surface area contributed by atoms with Crippen LogP contribution >= 0.6 is 0 Å². The number of amides is 2. The van der Waals surface area contributed by atoms with Gasteiger partial charge in [-0.15, -0.1) is 0 Å². The summed E-state index contributed by atoms with van der Waals surface area (Å²) in [7, 11) is 0. The molecule has 6 nitrogen and oxygen atoms in total. The summed E-state index contributed by atoms with van der Waals surface area (Å²) in [5.74, 6) is -2.93. The van der Waals surface area contributed by atoms with Crippen molar-refractivity contribution in [1.82, 2.24) is 5.32 Å². The smallest absolute Gasteiger partial charge is 0.326 e. The van der Waals surface area contributed by atoms with Gasteiger partial charge in [-0.05, 0) is 30.5 Å². The number of anilines is 1. The lowest BCUT2D eigenvalue weighted by Gasteiger charge is -2.16. The number of rotatable bonds is 6. The van der Waals surface area contributed by atoms with Crippen molar-refractivity contribution in [3.63, 3.8) is 0 Å². The molecule has 0 heterocycles. The molecule has 0 aliphatic heterocycles. The van der Waals surface area contributed by atoms with E-state index in [1.807, 2.05) is 13.8 Å². The van der Waals surface area contributed by atoms with E-state index in [4.69, 9.17) is 5.11 Å². The Morgan fingerprint density at radius 2 is 1.91 bits per heavy atom. The van der Waals surface area contributed by atoms with Crippen LogP contribution in [-0.2, 0) is 9.59 Å². The van der Waals surface area contributed by atoms with Crippen LogP contribution in [-0.4, -0.2) is 28.9 Å². The number of carboxylic acid groups (broad SMARTS) is 1. The predicted octanol–water partition coefficient (Wildman–Crippen LogP) is 2.01. The molecule has 0 unspecified atom stereocenters. The summed E-state index contributed by atoms with van der Waals surface area (Å²) in [6, 6.07) is 2.49. The third-order valence-corrected chi connectivity index (χ3v) is 2.85. The van der Waals surface area contributed by atoms with Crippen molar-refractivity contribution in [2.24, 2.45) is 5.92 Å². The second-order valence-electron chi connectivity index (χ2n) is 5.37. The van der Waals surface area contributed by atoms with E-state index in [2.05, 4.69) is 10.6 Å². The van der Waals surface area contributed by atoms with Gasteiger partial charge in [0, 0.05) is 12.5 Å². The third-order valence-electron chi connectivity index (χ3n) is 2.85. The van der Waals surface area contributed by atoms with E-state index in [1.54, 1.807) is 0 Å². The van der Waals surface area contributed by atoms with Gasteiger partial charge in [0.1, 0.15) is 11.9 Å². The highest BCUT2D eigenvalue weighted by molar-refractivity contribution is 5.97. The Morgan fingerprint density at radius 1 is 1.27 bits per heavy atom. The summed E-state index contributed by atoms with van der Waals surface area (Å²) < 4.78 is 13.8. The lowest BCUT2D eigenvalue weighted by Crippen LogP contribution is -2.41. The van der Waals surface area contributed by atoms with Gasteiger partial charge in [-0.1, -0.05) is 13.8 Å². The molecular weight excluding hydrogens is 291 g/mol. The molecule has 0 saturated heterocycles. The predicted molar refractivity (Wildman–Crippen MR) is 79.0 cm³/mol. The summed E-state index contributed by atoms with van der Waals surface area (Å²) in [6.45, 7) is 4.91. The molecule has 0 aliphatic carbocycles. The Hall–Kier alpha value is -2.44. The molecule has 0 aromatic heterocycles. The average molecular weight is 310 g/mol. The van der Waals surface area contributed by atoms with Crippen molar-refractivity contribution >= 4 is 23.5 Å². The normalized spacial score (nSPS) is 11.9. The maximum absolute atomic E-state index is 13.8. The fourth-order valence-electron chi connectivity index (χ4n) is 1.88. The number of nitrogens with one attached hydrogen (secondary N) is 2. The number of hydrogen-bond donors (Lipinski definition) is 3. The largest absolute Gasteiger partial charge is 0.480 e.